The molecule has 0 saturated carbocycles. The fourth-order valence-electron chi connectivity index (χ4n) is 1.81. The van der Waals surface area contributed by atoms with Gasteiger partial charge in [0.2, 0.25) is 0 Å². The molecule has 0 bridgehead atoms. The average molecular weight is 181 g/mol. The second-order valence-electron chi connectivity index (χ2n) is 3.51. The molecule has 0 radical (unpaired) electrons. The molecule has 0 amide bonds. The molecule has 1 heteroatoms. The van der Waals surface area contributed by atoms with Crippen molar-refractivity contribution in [1.29, 1.82) is 0 Å². The van der Waals surface area contributed by atoms with E-state index in [-0.39, 0.29) is 0 Å². The fraction of sp³-hybridized carbons (Fsp3) is 0.667. The third-order valence-electron chi connectivity index (χ3n) is 2.46. The summed E-state index contributed by atoms with van der Waals surface area (Å²) in [6, 6.07) is 0.590. The van der Waals surface area contributed by atoms with Gasteiger partial charge in [-0.15, -0.1) is 0 Å². The number of allylic oxidation sites excluding steroid dienone is 2. The minimum Gasteiger partial charge on any atom is -0.347 e. The highest BCUT2D eigenvalue weighted by atomic mass is 15.2. The Morgan fingerprint density at radius 1 is 1.38 bits per heavy atom. The average Bonchev–Trinajstić information content (AvgIpc) is 2.30. The van der Waals surface area contributed by atoms with Crippen LogP contribution in [-0.2, 0) is 0 Å². The lowest BCUT2D eigenvalue weighted by Gasteiger charge is -2.27. The van der Waals surface area contributed by atoms with Gasteiger partial charge in [-0.1, -0.05) is 33.4 Å². The number of hydrogen-bond acceptors (Lipinski definition) is 1. The van der Waals surface area contributed by atoms with Crippen LogP contribution in [0.3, 0.4) is 0 Å². The smallest absolute Gasteiger partial charge is 0.0367 e. The van der Waals surface area contributed by atoms with E-state index in [0.717, 1.165) is 5.70 Å². The van der Waals surface area contributed by atoms with E-state index in [9.17, 15) is 0 Å². The maximum atomic E-state index is 3.96. The Bertz CT molecular complexity index is 203. The van der Waals surface area contributed by atoms with E-state index in [2.05, 4.69) is 45.2 Å². The van der Waals surface area contributed by atoms with E-state index in [0.29, 0.717) is 12.0 Å². The van der Waals surface area contributed by atoms with Gasteiger partial charge in [0.25, 0.3) is 0 Å². The number of rotatable bonds is 1. The monoisotopic (exact) mass is 181 g/mol. The molecule has 0 aromatic rings. The van der Waals surface area contributed by atoms with Crippen molar-refractivity contribution in [2.24, 2.45) is 5.92 Å². The molecule has 1 rings (SSSR count). The summed E-state index contributed by atoms with van der Waals surface area (Å²) in [7, 11) is 0. The Hall–Kier alpha value is -0.720. The van der Waals surface area contributed by atoms with E-state index in [1.807, 2.05) is 13.8 Å². The highest BCUT2D eigenvalue weighted by Crippen LogP contribution is 2.29. The van der Waals surface area contributed by atoms with Crippen molar-refractivity contribution in [2.45, 2.75) is 47.6 Å². The molecule has 76 valence electrons. The van der Waals surface area contributed by atoms with Crippen LogP contribution in [0.1, 0.15) is 41.5 Å². The van der Waals surface area contributed by atoms with Gasteiger partial charge in [-0.05, 0) is 26.7 Å². The molecule has 1 aliphatic rings. The summed E-state index contributed by atoms with van der Waals surface area (Å²) in [6.45, 7) is 16.7. The Kier molecular flexibility index (Phi) is 4.82. The largest absolute Gasteiger partial charge is 0.347 e. The molecule has 0 fully saturated rings. The second kappa shape index (κ2) is 5.11. The van der Waals surface area contributed by atoms with Crippen molar-refractivity contribution in [3.05, 3.63) is 24.0 Å². The van der Waals surface area contributed by atoms with E-state index >= 15 is 0 Å². The molecule has 2 unspecified atom stereocenters. The summed E-state index contributed by atoms with van der Waals surface area (Å²) in [5.41, 5.74) is 2.49. The van der Waals surface area contributed by atoms with E-state index in [1.165, 1.54) is 5.70 Å². The molecular weight excluding hydrogens is 158 g/mol. The van der Waals surface area contributed by atoms with Crippen LogP contribution >= 0.6 is 0 Å². The molecule has 0 N–H and O–H groups in total. The fourth-order valence-corrected chi connectivity index (χ4v) is 1.81. The zero-order valence-corrected chi connectivity index (χ0v) is 9.89. The standard InChI is InChI=1S/C10H17N.C2H6/c1-7(2)11-9(4)6-8(3)10(11)5;1-2/h6,8,10H,1H2,2-5H3;1-2H3. The van der Waals surface area contributed by atoms with Crippen molar-refractivity contribution in [1.82, 2.24) is 4.90 Å². The van der Waals surface area contributed by atoms with Gasteiger partial charge in [0.05, 0.1) is 0 Å². The molecule has 0 aromatic heterocycles. The molecule has 0 aromatic carbocycles. The highest BCUT2D eigenvalue weighted by Gasteiger charge is 2.25. The molecule has 0 saturated heterocycles. The first kappa shape index (κ1) is 12.3. The molecule has 2 atom stereocenters. The Morgan fingerprint density at radius 2 is 1.85 bits per heavy atom. The first-order chi connectivity index (χ1) is 6.04. The van der Waals surface area contributed by atoms with E-state index in [1.54, 1.807) is 0 Å². The van der Waals surface area contributed by atoms with Crippen molar-refractivity contribution in [3.63, 3.8) is 0 Å². The van der Waals surface area contributed by atoms with Gasteiger partial charge in [-0.25, -0.2) is 0 Å². The molecular formula is C12H23N. The van der Waals surface area contributed by atoms with Gasteiger partial charge in [0.1, 0.15) is 0 Å². The molecule has 1 heterocycles. The van der Waals surface area contributed by atoms with Crippen molar-refractivity contribution < 1.29 is 0 Å². The van der Waals surface area contributed by atoms with Gasteiger partial charge in [-0.2, -0.15) is 0 Å². The van der Waals surface area contributed by atoms with Crippen molar-refractivity contribution in [3.8, 4) is 0 Å². The summed E-state index contributed by atoms with van der Waals surface area (Å²) < 4.78 is 0. The van der Waals surface area contributed by atoms with Crippen LogP contribution in [0.4, 0.5) is 0 Å². The van der Waals surface area contributed by atoms with Crippen LogP contribution in [0.5, 0.6) is 0 Å². The molecule has 1 nitrogen and oxygen atoms in total. The number of nitrogens with zero attached hydrogens (tertiary/aromatic N) is 1. The Morgan fingerprint density at radius 3 is 2.00 bits per heavy atom. The summed E-state index contributed by atoms with van der Waals surface area (Å²) in [5, 5.41) is 0. The Balaban J connectivity index is 0.000000671. The predicted octanol–water partition coefficient (Wildman–Crippen LogP) is 3.79. The third kappa shape index (κ3) is 2.61. The molecule has 0 spiro atoms. The normalized spacial score (nSPS) is 26.3. The van der Waals surface area contributed by atoms with Crippen LogP contribution in [-0.4, -0.2) is 10.9 Å². The summed E-state index contributed by atoms with van der Waals surface area (Å²) in [6.07, 6.45) is 2.30. The number of hydrogen-bond donors (Lipinski definition) is 0. The predicted molar refractivity (Wildman–Crippen MR) is 60.4 cm³/mol. The first-order valence-electron chi connectivity index (χ1n) is 5.17. The van der Waals surface area contributed by atoms with Gasteiger partial charge in [-0.3, -0.25) is 0 Å². The van der Waals surface area contributed by atoms with Crippen LogP contribution in [0.15, 0.2) is 24.0 Å². The summed E-state index contributed by atoms with van der Waals surface area (Å²) in [4.78, 5) is 2.30. The maximum Gasteiger partial charge on any atom is 0.0367 e. The van der Waals surface area contributed by atoms with Gasteiger partial charge in [0, 0.05) is 17.4 Å². The van der Waals surface area contributed by atoms with Gasteiger partial charge >= 0.3 is 0 Å². The van der Waals surface area contributed by atoms with E-state index in [4.69, 9.17) is 0 Å². The van der Waals surface area contributed by atoms with Crippen LogP contribution in [0.25, 0.3) is 0 Å². The lowest BCUT2D eigenvalue weighted by molar-refractivity contribution is 0.324. The summed E-state index contributed by atoms with van der Waals surface area (Å²) >= 11 is 0. The maximum absolute atomic E-state index is 3.96. The zero-order valence-electron chi connectivity index (χ0n) is 9.89. The first-order valence-corrected chi connectivity index (χ1v) is 5.17. The third-order valence-corrected chi connectivity index (χ3v) is 2.46. The zero-order chi connectivity index (χ0) is 10.6. The molecule has 13 heavy (non-hydrogen) atoms. The topological polar surface area (TPSA) is 3.24 Å². The quantitative estimate of drug-likeness (QED) is 0.595. The minimum atomic E-state index is 0.590. The van der Waals surface area contributed by atoms with Gasteiger partial charge < -0.3 is 4.90 Å². The summed E-state index contributed by atoms with van der Waals surface area (Å²) in [5.74, 6) is 0.659. The molecule has 0 aliphatic carbocycles. The minimum absolute atomic E-state index is 0.590. The lowest BCUT2D eigenvalue weighted by atomic mass is 10.1. The van der Waals surface area contributed by atoms with Crippen LogP contribution < -0.4 is 0 Å². The van der Waals surface area contributed by atoms with Crippen LogP contribution in [0, 0.1) is 5.92 Å². The molecule has 1 aliphatic heterocycles. The Labute approximate surface area is 83.1 Å². The lowest BCUT2D eigenvalue weighted by Crippen LogP contribution is -2.27. The highest BCUT2D eigenvalue weighted by molar-refractivity contribution is 5.17. The van der Waals surface area contributed by atoms with Crippen molar-refractivity contribution in [2.75, 3.05) is 0 Å². The van der Waals surface area contributed by atoms with E-state index < -0.39 is 0 Å². The van der Waals surface area contributed by atoms with Crippen molar-refractivity contribution >= 4 is 0 Å². The SMILES string of the molecule is C=C(C)N1C(C)=CC(C)C1C.CC. The van der Waals surface area contributed by atoms with Gasteiger partial charge in [0.15, 0.2) is 0 Å². The second-order valence-corrected chi connectivity index (χ2v) is 3.51. The van der Waals surface area contributed by atoms with Crippen LogP contribution in [0.2, 0.25) is 0 Å².